The van der Waals surface area contributed by atoms with Crippen LogP contribution in [-0.2, 0) is 0 Å². The molecule has 1 heterocycles. The van der Waals surface area contributed by atoms with E-state index in [0.29, 0.717) is 0 Å². The summed E-state index contributed by atoms with van der Waals surface area (Å²) in [6.45, 7) is 1.82. The highest BCUT2D eigenvalue weighted by Crippen LogP contribution is 2.22. The molecule has 0 saturated carbocycles. The van der Waals surface area contributed by atoms with E-state index in [1.807, 2.05) is 6.92 Å². The standard InChI is InChI=1S/C13H11FN2O2/c1-8-4-5-10(14)11(7-8)16-12-9(13(17)18)3-2-6-15-12/h2-7H,1H3,(H,15,16)(H,17,18). The number of aryl methyl sites for hydroxylation is 1. The zero-order valence-corrected chi connectivity index (χ0v) is 9.64. The van der Waals surface area contributed by atoms with Gasteiger partial charge in [-0.15, -0.1) is 0 Å². The molecule has 1 aromatic heterocycles. The fourth-order valence-electron chi connectivity index (χ4n) is 1.54. The van der Waals surface area contributed by atoms with Crippen LogP contribution >= 0.6 is 0 Å². The summed E-state index contributed by atoms with van der Waals surface area (Å²) in [6, 6.07) is 7.47. The number of hydrogen-bond donors (Lipinski definition) is 2. The van der Waals surface area contributed by atoms with Crippen molar-refractivity contribution in [2.45, 2.75) is 6.92 Å². The number of benzene rings is 1. The first-order valence-electron chi connectivity index (χ1n) is 5.29. The molecule has 0 spiro atoms. The van der Waals surface area contributed by atoms with Crippen molar-refractivity contribution in [1.82, 2.24) is 4.98 Å². The molecule has 0 bridgehead atoms. The van der Waals surface area contributed by atoms with Gasteiger partial charge >= 0.3 is 5.97 Å². The average Bonchev–Trinajstić information content (AvgIpc) is 2.34. The minimum absolute atomic E-state index is 0.00148. The average molecular weight is 246 g/mol. The molecule has 92 valence electrons. The summed E-state index contributed by atoms with van der Waals surface area (Å²) in [5, 5.41) is 11.7. The van der Waals surface area contributed by atoms with Crippen LogP contribution in [0.25, 0.3) is 0 Å². The van der Waals surface area contributed by atoms with E-state index in [4.69, 9.17) is 5.11 Å². The number of rotatable bonds is 3. The third-order valence-corrected chi connectivity index (χ3v) is 2.41. The number of aromatic nitrogens is 1. The maximum Gasteiger partial charge on any atom is 0.339 e. The minimum atomic E-state index is -1.11. The van der Waals surface area contributed by atoms with E-state index in [-0.39, 0.29) is 17.1 Å². The Bertz CT molecular complexity index is 599. The second-order valence-electron chi connectivity index (χ2n) is 3.81. The van der Waals surface area contributed by atoms with Gasteiger partial charge in [0.2, 0.25) is 0 Å². The molecule has 0 amide bonds. The van der Waals surface area contributed by atoms with Gasteiger partial charge in [0.15, 0.2) is 0 Å². The minimum Gasteiger partial charge on any atom is -0.478 e. The lowest BCUT2D eigenvalue weighted by atomic mass is 10.2. The summed E-state index contributed by atoms with van der Waals surface area (Å²) < 4.78 is 13.6. The smallest absolute Gasteiger partial charge is 0.339 e. The van der Waals surface area contributed by atoms with Crippen LogP contribution in [0.5, 0.6) is 0 Å². The quantitative estimate of drug-likeness (QED) is 0.874. The molecule has 0 radical (unpaired) electrons. The van der Waals surface area contributed by atoms with Crippen LogP contribution in [0.3, 0.4) is 0 Å². The number of pyridine rings is 1. The van der Waals surface area contributed by atoms with E-state index >= 15 is 0 Å². The first-order chi connectivity index (χ1) is 8.58. The number of carbonyl (C=O) groups is 1. The third kappa shape index (κ3) is 2.45. The first-order valence-corrected chi connectivity index (χ1v) is 5.29. The van der Waals surface area contributed by atoms with Crippen LogP contribution in [0.15, 0.2) is 36.5 Å². The van der Waals surface area contributed by atoms with Gasteiger partial charge in [-0.3, -0.25) is 0 Å². The summed E-state index contributed by atoms with van der Waals surface area (Å²) in [6.07, 6.45) is 1.45. The molecule has 2 rings (SSSR count). The SMILES string of the molecule is Cc1ccc(F)c(Nc2ncccc2C(=O)O)c1. The largest absolute Gasteiger partial charge is 0.478 e. The molecule has 18 heavy (non-hydrogen) atoms. The first kappa shape index (κ1) is 12.0. The van der Waals surface area contributed by atoms with Crippen LogP contribution in [0.1, 0.15) is 15.9 Å². The van der Waals surface area contributed by atoms with Crippen molar-refractivity contribution in [2.24, 2.45) is 0 Å². The van der Waals surface area contributed by atoms with Gasteiger partial charge in [0.25, 0.3) is 0 Å². The molecule has 5 heteroatoms. The summed E-state index contributed by atoms with van der Waals surface area (Å²) in [4.78, 5) is 14.9. The van der Waals surface area contributed by atoms with Gasteiger partial charge in [0.1, 0.15) is 17.2 Å². The van der Waals surface area contributed by atoms with E-state index in [1.54, 1.807) is 12.1 Å². The lowest BCUT2D eigenvalue weighted by molar-refractivity contribution is 0.0697. The van der Waals surface area contributed by atoms with Crippen molar-refractivity contribution in [3.05, 3.63) is 53.5 Å². The maximum absolute atomic E-state index is 13.6. The number of carboxylic acids is 1. The molecule has 0 atom stereocenters. The van der Waals surface area contributed by atoms with Crippen molar-refractivity contribution in [1.29, 1.82) is 0 Å². The Morgan fingerprint density at radius 3 is 2.89 bits per heavy atom. The highest BCUT2D eigenvalue weighted by atomic mass is 19.1. The zero-order valence-electron chi connectivity index (χ0n) is 9.64. The molecular formula is C13H11FN2O2. The van der Waals surface area contributed by atoms with Crippen molar-refractivity contribution in [3.63, 3.8) is 0 Å². The number of hydrogen-bond acceptors (Lipinski definition) is 3. The van der Waals surface area contributed by atoms with Crippen molar-refractivity contribution in [2.75, 3.05) is 5.32 Å². The van der Waals surface area contributed by atoms with E-state index in [0.717, 1.165) is 5.56 Å². The van der Waals surface area contributed by atoms with Crippen LogP contribution < -0.4 is 5.32 Å². The number of anilines is 2. The van der Waals surface area contributed by atoms with Gasteiger partial charge in [0, 0.05) is 6.20 Å². The normalized spacial score (nSPS) is 10.1. The van der Waals surface area contributed by atoms with Gasteiger partial charge in [-0.25, -0.2) is 14.2 Å². The molecule has 2 N–H and O–H groups in total. The Hall–Kier alpha value is -2.43. The van der Waals surface area contributed by atoms with E-state index in [2.05, 4.69) is 10.3 Å². The second-order valence-corrected chi connectivity index (χ2v) is 3.81. The fraction of sp³-hybridized carbons (Fsp3) is 0.0769. The predicted molar refractivity (Wildman–Crippen MR) is 65.6 cm³/mol. The molecule has 4 nitrogen and oxygen atoms in total. The van der Waals surface area contributed by atoms with Gasteiger partial charge in [-0.1, -0.05) is 6.07 Å². The van der Waals surface area contributed by atoms with Crippen molar-refractivity contribution in [3.8, 4) is 0 Å². The molecular weight excluding hydrogens is 235 g/mol. The summed E-state index contributed by atoms with van der Waals surface area (Å²) in [7, 11) is 0. The van der Waals surface area contributed by atoms with E-state index in [9.17, 15) is 9.18 Å². The summed E-state index contributed by atoms with van der Waals surface area (Å²) in [5.74, 6) is -1.45. The number of halogens is 1. The van der Waals surface area contributed by atoms with E-state index in [1.165, 1.54) is 24.4 Å². The summed E-state index contributed by atoms with van der Waals surface area (Å²) in [5.41, 5.74) is 1.07. The van der Waals surface area contributed by atoms with Crippen LogP contribution in [0.2, 0.25) is 0 Å². The molecule has 0 saturated heterocycles. The number of nitrogens with one attached hydrogen (secondary N) is 1. The Kier molecular flexibility index (Phi) is 3.23. The second kappa shape index (κ2) is 4.83. The molecule has 2 aromatic rings. The van der Waals surface area contributed by atoms with Gasteiger partial charge in [0.05, 0.1) is 5.69 Å². The predicted octanol–water partition coefficient (Wildman–Crippen LogP) is 2.97. The Morgan fingerprint density at radius 1 is 1.39 bits per heavy atom. The molecule has 0 aliphatic rings. The monoisotopic (exact) mass is 246 g/mol. The lowest BCUT2D eigenvalue weighted by Gasteiger charge is -2.09. The molecule has 0 aliphatic heterocycles. The summed E-state index contributed by atoms with van der Waals surface area (Å²) >= 11 is 0. The Morgan fingerprint density at radius 2 is 2.17 bits per heavy atom. The van der Waals surface area contributed by atoms with E-state index < -0.39 is 11.8 Å². The highest BCUT2D eigenvalue weighted by Gasteiger charge is 2.12. The fourth-order valence-corrected chi connectivity index (χ4v) is 1.54. The topological polar surface area (TPSA) is 62.2 Å². The Labute approximate surface area is 103 Å². The van der Waals surface area contributed by atoms with Crippen LogP contribution in [0.4, 0.5) is 15.9 Å². The van der Waals surface area contributed by atoms with Gasteiger partial charge in [-0.05, 0) is 36.8 Å². The lowest BCUT2D eigenvalue weighted by Crippen LogP contribution is -2.05. The zero-order chi connectivity index (χ0) is 13.1. The highest BCUT2D eigenvalue weighted by molar-refractivity contribution is 5.93. The third-order valence-electron chi connectivity index (χ3n) is 2.41. The van der Waals surface area contributed by atoms with Crippen molar-refractivity contribution < 1.29 is 14.3 Å². The van der Waals surface area contributed by atoms with Crippen LogP contribution in [0, 0.1) is 12.7 Å². The van der Waals surface area contributed by atoms with Gasteiger partial charge in [-0.2, -0.15) is 0 Å². The molecule has 0 aliphatic carbocycles. The molecule has 0 unspecified atom stereocenters. The Balaban J connectivity index is 2.40. The number of carboxylic acid groups (broad SMARTS) is 1. The number of nitrogens with zero attached hydrogens (tertiary/aromatic N) is 1. The molecule has 1 aromatic carbocycles. The molecule has 0 fully saturated rings. The van der Waals surface area contributed by atoms with Crippen LogP contribution in [-0.4, -0.2) is 16.1 Å². The van der Waals surface area contributed by atoms with Gasteiger partial charge < -0.3 is 10.4 Å². The maximum atomic E-state index is 13.6. The number of aromatic carboxylic acids is 1. The van der Waals surface area contributed by atoms with Crippen molar-refractivity contribution >= 4 is 17.5 Å².